The lowest BCUT2D eigenvalue weighted by Crippen LogP contribution is -2.58. The second kappa shape index (κ2) is 8.57. The molecule has 0 aromatic heterocycles. The highest BCUT2D eigenvalue weighted by Gasteiger charge is 2.60. The molecule has 3 saturated heterocycles. The van der Waals surface area contributed by atoms with E-state index in [1.807, 2.05) is 4.90 Å². The van der Waals surface area contributed by atoms with Crippen molar-refractivity contribution >= 4 is 11.8 Å². The molecule has 4 aliphatic rings. The molecule has 2 amide bonds. The van der Waals surface area contributed by atoms with Gasteiger partial charge in [-0.15, -0.1) is 0 Å². The predicted molar refractivity (Wildman–Crippen MR) is 122 cm³/mol. The van der Waals surface area contributed by atoms with Crippen molar-refractivity contribution in [3.05, 3.63) is 35.9 Å². The Morgan fingerprint density at radius 1 is 1.10 bits per heavy atom. The molecule has 31 heavy (non-hydrogen) atoms. The maximum absolute atomic E-state index is 13.8. The Morgan fingerprint density at radius 3 is 2.74 bits per heavy atom. The van der Waals surface area contributed by atoms with Crippen molar-refractivity contribution in [2.75, 3.05) is 13.1 Å². The molecule has 5 rings (SSSR count). The van der Waals surface area contributed by atoms with Crippen LogP contribution in [0, 0.1) is 5.41 Å². The van der Waals surface area contributed by atoms with Crippen LogP contribution in [0.1, 0.15) is 70.3 Å². The van der Waals surface area contributed by atoms with Gasteiger partial charge >= 0.3 is 0 Å². The van der Waals surface area contributed by atoms with Gasteiger partial charge in [0.15, 0.2) is 0 Å². The van der Waals surface area contributed by atoms with Gasteiger partial charge in [-0.1, -0.05) is 56.5 Å². The molecule has 5 heteroatoms. The van der Waals surface area contributed by atoms with Crippen molar-refractivity contribution in [2.45, 2.75) is 95.3 Å². The Labute approximate surface area is 186 Å². The van der Waals surface area contributed by atoms with Crippen molar-refractivity contribution in [2.24, 2.45) is 5.41 Å². The summed E-state index contributed by atoms with van der Waals surface area (Å²) >= 11 is 0. The number of hydrogen-bond donors (Lipinski definition) is 1. The van der Waals surface area contributed by atoms with E-state index in [4.69, 9.17) is 0 Å². The number of likely N-dealkylation sites (tertiary alicyclic amines) is 2. The summed E-state index contributed by atoms with van der Waals surface area (Å²) in [5.41, 5.74) is 1.48. The third-order valence-electron chi connectivity index (χ3n) is 8.58. The molecule has 1 aliphatic carbocycles. The van der Waals surface area contributed by atoms with Gasteiger partial charge in [0.05, 0.1) is 6.54 Å². The quantitative estimate of drug-likeness (QED) is 0.806. The molecule has 5 nitrogen and oxygen atoms in total. The van der Waals surface area contributed by atoms with Crippen molar-refractivity contribution in [3.63, 3.8) is 0 Å². The van der Waals surface area contributed by atoms with Crippen molar-refractivity contribution < 1.29 is 9.59 Å². The first-order chi connectivity index (χ1) is 15.1. The summed E-state index contributed by atoms with van der Waals surface area (Å²) in [5, 5.41) is 4.01. The number of piperidine rings is 1. The van der Waals surface area contributed by atoms with Crippen LogP contribution in [0.5, 0.6) is 0 Å². The van der Waals surface area contributed by atoms with Crippen molar-refractivity contribution in [3.8, 4) is 0 Å². The second-order valence-corrected chi connectivity index (χ2v) is 10.5. The van der Waals surface area contributed by atoms with Crippen LogP contribution in [0.25, 0.3) is 0 Å². The Bertz CT molecular complexity index is 812. The average molecular weight is 424 g/mol. The third kappa shape index (κ3) is 3.90. The number of fused-ring (bicyclic) bond motifs is 1. The van der Waals surface area contributed by atoms with Gasteiger partial charge in [-0.25, -0.2) is 0 Å². The van der Waals surface area contributed by atoms with E-state index in [-0.39, 0.29) is 35.9 Å². The molecule has 168 valence electrons. The largest absolute Gasteiger partial charge is 0.333 e. The molecule has 5 atom stereocenters. The summed E-state index contributed by atoms with van der Waals surface area (Å²) in [6, 6.07) is 12.0. The molecular weight excluding hydrogens is 386 g/mol. The van der Waals surface area contributed by atoms with Gasteiger partial charge in [-0.2, -0.15) is 0 Å². The highest BCUT2D eigenvalue weighted by atomic mass is 16.2. The topological polar surface area (TPSA) is 52.7 Å². The SMILES string of the molecule is C[C@@]12C[C@H]3[C@@H](Cc4ccccc4)N[C@@H]1CCCC[C@@H]2N3C(=O)CN1CCCCCC1=O. The number of hydrogen-bond acceptors (Lipinski definition) is 3. The smallest absolute Gasteiger partial charge is 0.242 e. The van der Waals surface area contributed by atoms with Gasteiger partial charge in [-0.05, 0) is 44.1 Å². The van der Waals surface area contributed by atoms with Crippen LogP contribution in [0.15, 0.2) is 30.3 Å². The first kappa shape index (κ1) is 21.0. The molecular formula is C26H37N3O2. The van der Waals surface area contributed by atoms with Gasteiger partial charge in [0.1, 0.15) is 0 Å². The molecule has 4 fully saturated rings. The molecule has 1 aromatic rings. The van der Waals surface area contributed by atoms with Crippen molar-refractivity contribution in [1.82, 2.24) is 15.1 Å². The molecule has 0 radical (unpaired) electrons. The standard InChI is InChI=1S/C26H37N3O2/c1-26-17-21-20(16-19-10-4-2-5-11-19)27-22(26)12-7-8-13-23(26)29(21)25(31)18-28-15-9-3-6-14-24(28)30/h2,4-5,10-11,20-23,27H,3,6-9,12-18H2,1H3/t20-,21+,22-,23+,26-/m1/s1. The highest BCUT2D eigenvalue weighted by Crippen LogP contribution is 2.52. The van der Waals surface area contributed by atoms with Crippen LogP contribution in [-0.4, -0.2) is 58.9 Å². The number of nitrogens with zero attached hydrogens (tertiary/aromatic N) is 2. The molecule has 3 heterocycles. The predicted octanol–water partition coefficient (Wildman–Crippen LogP) is 3.52. The number of amides is 2. The van der Waals surface area contributed by atoms with E-state index in [0.717, 1.165) is 45.1 Å². The first-order valence-corrected chi connectivity index (χ1v) is 12.5. The fraction of sp³-hybridized carbons (Fsp3) is 0.692. The van der Waals surface area contributed by atoms with E-state index in [2.05, 4.69) is 47.5 Å². The molecule has 0 spiro atoms. The minimum Gasteiger partial charge on any atom is -0.333 e. The minimum atomic E-state index is 0.146. The van der Waals surface area contributed by atoms with Crippen LogP contribution >= 0.6 is 0 Å². The van der Waals surface area contributed by atoms with Gasteiger partial charge in [0.25, 0.3) is 0 Å². The normalized spacial score (nSPS) is 35.6. The summed E-state index contributed by atoms with van der Waals surface area (Å²) in [6.07, 6.45) is 10.4. The van der Waals surface area contributed by atoms with Crippen LogP contribution < -0.4 is 5.32 Å². The van der Waals surface area contributed by atoms with E-state index in [0.29, 0.717) is 18.5 Å². The van der Waals surface area contributed by atoms with E-state index >= 15 is 0 Å². The number of carbonyl (C=O) groups excluding carboxylic acids is 2. The lowest BCUT2D eigenvalue weighted by Gasteiger charge is -2.43. The average Bonchev–Trinajstić information content (AvgIpc) is 2.88. The zero-order chi connectivity index (χ0) is 21.4. The third-order valence-corrected chi connectivity index (χ3v) is 8.58. The Kier molecular flexibility index (Phi) is 5.80. The fourth-order valence-corrected chi connectivity index (χ4v) is 6.94. The summed E-state index contributed by atoms with van der Waals surface area (Å²) < 4.78 is 0. The molecule has 1 N–H and O–H groups in total. The van der Waals surface area contributed by atoms with Crippen LogP contribution in [0.2, 0.25) is 0 Å². The first-order valence-electron chi connectivity index (χ1n) is 12.5. The molecule has 3 aliphatic heterocycles. The van der Waals surface area contributed by atoms with Crippen LogP contribution in [0.4, 0.5) is 0 Å². The van der Waals surface area contributed by atoms with Gasteiger partial charge in [0.2, 0.25) is 11.8 Å². The summed E-state index contributed by atoms with van der Waals surface area (Å²) in [5.74, 6) is 0.341. The lowest BCUT2D eigenvalue weighted by molar-refractivity contribution is -0.142. The number of nitrogens with one attached hydrogen (secondary N) is 1. The number of rotatable bonds is 4. The van der Waals surface area contributed by atoms with Gasteiger partial charge < -0.3 is 15.1 Å². The Hall–Kier alpha value is -1.88. The zero-order valence-electron chi connectivity index (χ0n) is 18.9. The second-order valence-electron chi connectivity index (χ2n) is 10.5. The summed E-state index contributed by atoms with van der Waals surface area (Å²) in [7, 11) is 0. The number of benzene rings is 1. The molecule has 1 saturated carbocycles. The van der Waals surface area contributed by atoms with E-state index in [1.165, 1.54) is 24.8 Å². The lowest BCUT2D eigenvalue weighted by atomic mass is 9.70. The maximum atomic E-state index is 13.8. The zero-order valence-corrected chi connectivity index (χ0v) is 18.9. The van der Waals surface area contributed by atoms with Crippen molar-refractivity contribution in [1.29, 1.82) is 0 Å². The Morgan fingerprint density at radius 2 is 1.90 bits per heavy atom. The summed E-state index contributed by atoms with van der Waals surface area (Å²) in [4.78, 5) is 30.4. The van der Waals surface area contributed by atoms with E-state index < -0.39 is 0 Å². The van der Waals surface area contributed by atoms with E-state index in [9.17, 15) is 9.59 Å². The maximum Gasteiger partial charge on any atom is 0.242 e. The van der Waals surface area contributed by atoms with Crippen LogP contribution in [0.3, 0.4) is 0 Å². The highest BCUT2D eigenvalue weighted by molar-refractivity contribution is 5.85. The van der Waals surface area contributed by atoms with Gasteiger partial charge in [-0.3, -0.25) is 9.59 Å². The molecule has 1 aromatic carbocycles. The monoisotopic (exact) mass is 423 g/mol. The van der Waals surface area contributed by atoms with Gasteiger partial charge in [0, 0.05) is 42.5 Å². The Balaban J connectivity index is 1.41. The summed E-state index contributed by atoms with van der Waals surface area (Å²) in [6.45, 7) is 3.42. The molecule has 2 bridgehead atoms. The van der Waals surface area contributed by atoms with Crippen LogP contribution in [-0.2, 0) is 16.0 Å². The van der Waals surface area contributed by atoms with E-state index in [1.54, 1.807) is 0 Å². The molecule has 0 unspecified atom stereocenters. The fourth-order valence-electron chi connectivity index (χ4n) is 6.94. The number of carbonyl (C=O) groups is 2. The minimum absolute atomic E-state index is 0.146.